The number of halogens is 4. The van der Waals surface area contributed by atoms with Gasteiger partial charge in [0.1, 0.15) is 11.5 Å². The van der Waals surface area contributed by atoms with Crippen molar-refractivity contribution in [2.45, 2.75) is 26.4 Å². The maximum absolute atomic E-state index is 14.5. The van der Waals surface area contributed by atoms with Crippen LogP contribution in [-0.2, 0) is 6.18 Å². The summed E-state index contributed by atoms with van der Waals surface area (Å²) in [5, 5.41) is 0. The number of rotatable bonds is 3. The van der Waals surface area contributed by atoms with Crippen molar-refractivity contribution in [2.75, 3.05) is 31.1 Å². The van der Waals surface area contributed by atoms with Crippen molar-refractivity contribution in [3.8, 4) is 11.3 Å². The number of amides is 1. The minimum Gasteiger partial charge on any atom is -0.353 e. The number of hydrogen-bond acceptors (Lipinski definition) is 4. The molecule has 0 spiro atoms. The van der Waals surface area contributed by atoms with Crippen molar-refractivity contribution >= 4 is 22.8 Å². The Morgan fingerprint density at radius 2 is 1.53 bits per heavy atom. The van der Waals surface area contributed by atoms with Gasteiger partial charge in [0.2, 0.25) is 0 Å². The molecule has 2 heterocycles. The number of carbonyl (C=O) groups is 1. The molecule has 1 saturated heterocycles. The number of alkyl halides is 3. The summed E-state index contributed by atoms with van der Waals surface area (Å²) in [5.74, 6) is -1.11. The van der Waals surface area contributed by atoms with Crippen LogP contribution in [-0.4, -0.2) is 47.0 Å². The third-order valence-corrected chi connectivity index (χ3v) is 6.92. The molecule has 5 nitrogen and oxygen atoms in total. The molecular weight excluding hydrogens is 496 g/mol. The predicted octanol–water partition coefficient (Wildman–Crippen LogP) is 6.42. The summed E-state index contributed by atoms with van der Waals surface area (Å²) in [6.07, 6.45) is -4.10. The van der Waals surface area contributed by atoms with Gasteiger partial charge in [0.05, 0.1) is 22.2 Å². The molecule has 0 bridgehead atoms. The monoisotopic (exact) mass is 522 g/mol. The molecule has 1 aliphatic heterocycles. The number of hydrogen-bond donors (Lipinski definition) is 0. The number of anilines is 1. The fourth-order valence-corrected chi connectivity index (χ4v) is 4.68. The van der Waals surface area contributed by atoms with E-state index < -0.39 is 23.5 Å². The number of carbonyl (C=O) groups excluding carboxylic acids is 1. The Kier molecular flexibility index (Phi) is 6.77. The largest absolute Gasteiger partial charge is 0.416 e. The molecule has 9 heteroatoms. The van der Waals surface area contributed by atoms with Crippen LogP contribution in [0.2, 0.25) is 0 Å². The summed E-state index contributed by atoms with van der Waals surface area (Å²) < 4.78 is 53.3. The van der Waals surface area contributed by atoms with E-state index in [-0.39, 0.29) is 12.1 Å². The fourth-order valence-electron chi connectivity index (χ4n) is 4.68. The molecule has 0 aliphatic carbocycles. The maximum Gasteiger partial charge on any atom is 0.416 e. The van der Waals surface area contributed by atoms with E-state index in [1.807, 2.05) is 56.3 Å². The fraction of sp³-hybridized carbons (Fsp3) is 0.276. The number of aromatic nitrogens is 2. The average molecular weight is 523 g/mol. The lowest BCUT2D eigenvalue weighted by Gasteiger charge is -2.25. The van der Waals surface area contributed by atoms with Crippen LogP contribution in [0.1, 0.15) is 33.5 Å². The van der Waals surface area contributed by atoms with Gasteiger partial charge in [0, 0.05) is 31.7 Å². The Balaban J connectivity index is 1.45. The zero-order valence-electron chi connectivity index (χ0n) is 21.0. The minimum atomic E-state index is -4.68. The summed E-state index contributed by atoms with van der Waals surface area (Å²) in [6.45, 7) is 5.67. The molecule has 1 aromatic heterocycles. The molecule has 0 radical (unpaired) electrons. The van der Waals surface area contributed by atoms with E-state index in [0.717, 1.165) is 45.6 Å². The van der Waals surface area contributed by atoms with E-state index in [0.29, 0.717) is 37.9 Å². The highest BCUT2D eigenvalue weighted by atomic mass is 19.4. The van der Waals surface area contributed by atoms with Crippen LogP contribution in [0.25, 0.3) is 22.3 Å². The van der Waals surface area contributed by atoms with E-state index in [2.05, 4.69) is 4.90 Å². The van der Waals surface area contributed by atoms with Crippen LogP contribution >= 0.6 is 0 Å². The van der Waals surface area contributed by atoms with Crippen molar-refractivity contribution in [3.05, 3.63) is 88.7 Å². The quantitative estimate of drug-likeness (QED) is 0.291. The maximum atomic E-state index is 14.5. The molecule has 0 atom stereocenters. The molecule has 0 unspecified atom stereocenters. The summed E-state index contributed by atoms with van der Waals surface area (Å²) in [4.78, 5) is 26.6. The topological polar surface area (TPSA) is 49.3 Å². The lowest BCUT2D eigenvalue weighted by atomic mass is 10.1. The van der Waals surface area contributed by atoms with Gasteiger partial charge in [-0.25, -0.2) is 14.4 Å². The van der Waals surface area contributed by atoms with Crippen LogP contribution < -0.4 is 4.90 Å². The molecule has 1 amide bonds. The van der Waals surface area contributed by atoms with Gasteiger partial charge in [-0.2, -0.15) is 13.2 Å². The zero-order chi connectivity index (χ0) is 27.0. The number of benzene rings is 3. The standard InChI is InChI=1S/C29H26F4N4O/c1-18-15-24-25(16-19(18)2)35-27(26(34-24)20-7-4-3-5-8-20)36-11-6-12-37(14-13-36)28(38)22-10-9-21(17-23(22)30)29(31,32)33/h3-5,7-10,15-17H,6,11-14H2,1-2H3. The third kappa shape index (κ3) is 5.05. The highest BCUT2D eigenvalue weighted by molar-refractivity contribution is 5.94. The summed E-state index contributed by atoms with van der Waals surface area (Å²) in [5.41, 5.74) is 3.95. The molecule has 38 heavy (non-hydrogen) atoms. The second kappa shape index (κ2) is 10.0. The number of fused-ring (bicyclic) bond motifs is 1. The second-order valence-corrected chi connectivity index (χ2v) is 9.51. The van der Waals surface area contributed by atoms with Gasteiger partial charge in [0.25, 0.3) is 5.91 Å². The third-order valence-electron chi connectivity index (χ3n) is 6.92. The normalized spacial score (nSPS) is 14.6. The number of aryl methyl sites for hydroxylation is 2. The van der Waals surface area contributed by atoms with Gasteiger partial charge in [0.15, 0.2) is 5.82 Å². The highest BCUT2D eigenvalue weighted by Crippen LogP contribution is 2.32. The van der Waals surface area contributed by atoms with Gasteiger partial charge in [-0.05, 0) is 61.7 Å². The van der Waals surface area contributed by atoms with Gasteiger partial charge in [-0.15, -0.1) is 0 Å². The molecule has 1 fully saturated rings. The van der Waals surface area contributed by atoms with Gasteiger partial charge in [-0.3, -0.25) is 4.79 Å². The molecule has 4 aromatic rings. The molecule has 1 aliphatic rings. The van der Waals surface area contributed by atoms with E-state index >= 15 is 0 Å². The lowest BCUT2D eigenvalue weighted by Crippen LogP contribution is -2.36. The first kappa shape index (κ1) is 25.6. The van der Waals surface area contributed by atoms with Crippen molar-refractivity contribution < 1.29 is 22.4 Å². The summed E-state index contributed by atoms with van der Waals surface area (Å²) in [6, 6.07) is 15.8. The highest BCUT2D eigenvalue weighted by Gasteiger charge is 2.32. The van der Waals surface area contributed by atoms with E-state index in [4.69, 9.17) is 9.97 Å². The SMILES string of the molecule is Cc1cc2nc(-c3ccccc3)c(N3CCCN(C(=O)c4ccc(C(F)(F)F)cc4F)CC3)nc2cc1C. The van der Waals surface area contributed by atoms with Gasteiger partial charge >= 0.3 is 6.18 Å². The molecule has 196 valence electrons. The van der Waals surface area contributed by atoms with Crippen molar-refractivity contribution in [1.82, 2.24) is 14.9 Å². The Bertz CT molecular complexity index is 1500. The predicted molar refractivity (Wildman–Crippen MR) is 139 cm³/mol. The van der Waals surface area contributed by atoms with Crippen LogP contribution in [0.4, 0.5) is 23.4 Å². The summed E-state index contributed by atoms with van der Waals surface area (Å²) >= 11 is 0. The lowest BCUT2D eigenvalue weighted by molar-refractivity contribution is -0.137. The number of nitrogens with zero attached hydrogens (tertiary/aromatic N) is 4. The minimum absolute atomic E-state index is 0.264. The van der Waals surface area contributed by atoms with E-state index in [9.17, 15) is 22.4 Å². The first-order chi connectivity index (χ1) is 18.1. The molecule has 5 rings (SSSR count). The van der Waals surface area contributed by atoms with Crippen molar-refractivity contribution in [2.24, 2.45) is 0 Å². The van der Waals surface area contributed by atoms with Crippen LogP contribution in [0.3, 0.4) is 0 Å². The van der Waals surface area contributed by atoms with Gasteiger partial charge < -0.3 is 9.80 Å². The Labute approximate surface area is 217 Å². The van der Waals surface area contributed by atoms with Crippen molar-refractivity contribution in [1.29, 1.82) is 0 Å². The Morgan fingerprint density at radius 3 is 2.18 bits per heavy atom. The van der Waals surface area contributed by atoms with E-state index in [1.165, 1.54) is 4.90 Å². The summed E-state index contributed by atoms with van der Waals surface area (Å²) in [7, 11) is 0. The van der Waals surface area contributed by atoms with Crippen LogP contribution in [0.5, 0.6) is 0 Å². The average Bonchev–Trinajstić information content (AvgIpc) is 3.15. The smallest absolute Gasteiger partial charge is 0.353 e. The Hall–Kier alpha value is -4.01. The van der Waals surface area contributed by atoms with Crippen LogP contribution in [0.15, 0.2) is 60.7 Å². The van der Waals surface area contributed by atoms with Gasteiger partial charge in [-0.1, -0.05) is 30.3 Å². The van der Waals surface area contributed by atoms with E-state index in [1.54, 1.807) is 0 Å². The first-order valence-corrected chi connectivity index (χ1v) is 12.4. The van der Waals surface area contributed by atoms with Crippen molar-refractivity contribution in [3.63, 3.8) is 0 Å². The molecule has 0 saturated carbocycles. The van der Waals surface area contributed by atoms with Crippen LogP contribution in [0, 0.1) is 19.7 Å². The molecule has 3 aromatic carbocycles. The zero-order valence-corrected chi connectivity index (χ0v) is 21.0. The first-order valence-electron chi connectivity index (χ1n) is 12.4. The molecular formula is C29H26F4N4O. The Morgan fingerprint density at radius 1 is 0.842 bits per heavy atom. The second-order valence-electron chi connectivity index (χ2n) is 9.51. The molecule has 0 N–H and O–H groups in total.